The SMILES string of the molecule is CCNC(=O)c1ccc(NCC(F)F)nn1. The molecule has 0 atom stereocenters. The van der Waals surface area contributed by atoms with Gasteiger partial charge in [-0.2, -0.15) is 0 Å². The van der Waals surface area contributed by atoms with Crippen LogP contribution in [-0.4, -0.2) is 35.6 Å². The molecule has 1 aromatic rings. The van der Waals surface area contributed by atoms with E-state index in [0.29, 0.717) is 6.54 Å². The Morgan fingerprint density at radius 1 is 1.44 bits per heavy atom. The van der Waals surface area contributed by atoms with Gasteiger partial charge in [0.1, 0.15) is 5.82 Å². The molecule has 2 N–H and O–H groups in total. The second kappa shape index (κ2) is 5.94. The summed E-state index contributed by atoms with van der Waals surface area (Å²) >= 11 is 0. The van der Waals surface area contributed by atoms with E-state index >= 15 is 0 Å². The maximum atomic E-state index is 11.9. The Morgan fingerprint density at radius 3 is 2.69 bits per heavy atom. The number of hydrogen-bond acceptors (Lipinski definition) is 4. The van der Waals surface area contributed by atoms with E-state index in [4.69, 9.17) is 0 Å². The number of nitrogens with zero attached hydrogens (tertiary/aromatic N) is 2. The lowest BCUT2D eigenvalue weighted by molar-refractivity contribution is 0.0950. The molecule has 1 amide bonds. The van der Waals surface area contributed by atoms with Gasteiger partial charge in [0.15, 0.2) is 5.69 Å². The zero-order chi connectivity index (χ0) is 12.0. The summed E-state index contributed by atoms with van der Waals surface area (Å²) in [6.07, 6.45) is -2.45. The van der Waals surface area contributed by atoms with Crippen molar-refractivity contribution < 1.29 is 13.6 Å². The van der Waals surface area contributed by atoms with E-state index in [1.54, 1.807) is 6.92 Å². The molecule has 0 aliphatic heterocycles. The molecule has 1 heterocycles. The molecule has 0 aliphatic carbocycles. The van der Waals surface area contributed by atoms with Gasteiger partial charge in [0.2, 0.25) is 0 Å². The third-order valence-corrected chi connectivity index (χ3v) is 1.67. The molecule has 0 bridgehead atoms. The molecule has 16 heavy (non-hydrogen) atoms. The van der Waals surface area contributed by atoms with Crippen molar-refractivity contribution in [2.24, 2.45) is 0 Å². The number of hydrogen-bond donors (Lipinski definition) is 2. The number of halogens is 2. The zero-order valence-electron chi connectivity index (χ0n) is 8.70. The number of rotatable bonds is 5. The fourth-order valence-corrected chi connectivity index (χ4v) is 0.980. The fraction of sp³-hybridized carbons (Fsp3) is 0.444. The number of carbonyl (C=O) groups excluding carboxylic acids is 1. The molecule has 0 saturated heterocycles. The maximum Gasteiger partial charge on any atom is 0.271 e. The minimum atomic E-state index is -2.45. The lowest BCUT2D eigenvalue weighted by atomic mass is 10.3. The topological polar surface area (TPSA) is 66.9 Å². The van der Waals surface area contributed by atoms with Crippen molar-refractivity contribution in [3.63, 3.8) is 0 Å². The number of alkyl halides is 2. The van der Waals surface area contributed by atoms with Crippen LogP contribution in [0.3, 0.4) is 0 Å². The summed E-state index contributed by atoms with van der Waals surface area (Å²) in [6.45, 7) is 1.78. The highest BCUT2D eigenvalue weighted by molar-refractivity contribution is 5.92. The monoisotopic (exact) mass is 230 g/mol. The average Bonchev–Trinajstić information content (AvgIpc) is 2.27. The number of amides is 1. The number of anilines is 1. The molecule has 0 radical (unpaired) electrons. The first-order valence-corrected chi connectivity index (χ1v) is 4.77. The first-order valence-electron chi connectivity index (χ1n) is 4.77. The van der Waals surface area contributed by atoms with E-state index in [0.717, 1.165) is 0 Å². The van der Waals surface area contributed by atoms with Gasteiger partial charge in [-0.25, -0.2) is 8.78 Å². The van der Waals surface area contributed by atoms with Crippen molar-refractivity contribution in [3.05, 3.63) is 17.8 Å². The Morgan fingerprint density at radius 2 is 2.19 bits per heavy atom. The minimum Gasteiger partial charge on any atom is -0.363 e. The van der Waals surface area contributed by atoms with Crippen LogP contribution in [0.2, 0.25) is 0 Å². The standard InChI is InChI=1S/C9H12F2N4O/c1-2-12-9(16)6-3-4-8(15-14-6)13-5-7(10)11/h3-4,7H,2,5H2,1H3,(H,12,16)(H,13,15). The molecular formula is C9H12F2N4O. The van der Waals surface area contributed by atoms with Gasteiger partial charge >= 0.3 is 0 Å². The molecule has 1 aromatic heterocycles. The van der Waals surface area contributed by atoms with E-state index in [2.05, 4.69) is 20.8 Å². The Hall–Kier alpha value is -1.79. The van der Waals surface area contributed by atoms with Crippen molar-refractivity contribution in [1.29, 1.82) is 0 Å². The molecular weight excluding hydrogens is 218 g/mol. The average molecular weight is 230 g/mol. The van der Waals surface area contributed by atoms with Crippen LogP contribution in [0.5, 0.6) is 0 Å². The predicted octanol–water partition coefficient (Wildman–Crippen LogP) is 0.903. The minimum absolute atomic E-state index is 0.157. The summed E-state index contributed by atoms with van der Waals surface area (Å²) in [5.74, 6) is -0.122. The van der Waals surface area contributed by atoms with E-state index in [1.807, 2.05) is 0 Å². The summed E-state index contributed by atoms with van der Waals surface area (Å²) in [5, 5.41) is 12.1. The van der Waals surface area contributed by atoms with E-state index in [9.17, 15) is 13.6 Å². The van der Waals surface area contributed by atoms with Crippen LogP contribution in [-0.2, 0) is 0 Å². The summed E-state index contributed by atoms with van der Waals surface area (Å²) in [5.41, 5.74) is 0.157. The van der Waals surface area contributed by atoms with Crippen molar-refractivity contribution in [1.82, 2.24) is 15.5 Å². The Labute approximate surface area is 91.3 Å². The second-order valence-electron chi connectivity index (χ2n) is 2.94. The molecule has 5 nitrogen and oxygen atoms in total. The first-order chi connectivity index (χ1) is 7.63. The number of carbonyl (C=O) groups is 1. The van der Waals surface area contributed by atoms with Crippen LogP contribution in [0.15, 0.2) is 12.1 Å². The summed E-state index contributed by atoms with van der Waals surface area (Å²) < 4.78 is 23.7. The molecule has 0 fully saturated rings. The molecule has 0 aromatic carbocycles. The zero-order valence-corrected chi connectivity index (χ0v) is 8.70. The third-order valence-electron chi connectivity index (χ3n) is 1.67. The van der Waals surface area contributed by atoms with E-state index in [1.165, 1.54) is 12.1 Å². The summed E-state index contributed by atoms with van der Waals surface area (Å²) in [6, 6.07) is 2.85. The Balaban J connectivity index is 2.57. The highest BCUT2D eigenvalue weighted by atomic mass is 19.3. The van der Waals surface area contributed by atoms with Gasteiger partial charge in [0, 0.05) is 6.54 Å². The quantitative estimate of drug-likeness (QED) is 0.788. The van der Waals surface area contributed by atoms with E-state index in [-0.39, 0.29) is 17.4 Å². The lowest BCUT2D eigenvalue weighted by Crippen LogP contribution is -2.24. The van der Waals surface area contributed by atoms with Crippen LogP contribution in [0, 0.1) is 0 Å². The van der Waals surface area contributed by atoms with Crippen molar-refractivity contribution >= 4 is 11.7 Å². The molecule has 7 heteroatoms. The van der Waals surface area contributed by atoms with Gasteiger partial charge in [0.05, 0.1) is 6.54 Å². The van der Waals surface area contributed by atoms with Crippen LogP contribution < -0.4 is 10.6 Å². The van der Waals surface area contributed by atoms with Gasteiger partial charge in [-0.05, 0) is 19.1 Å². The van der Waals surface area contributed by atoms with Gasteiger partial charge in [-0.15, -0.1) is 10.2 Å². The molecule has 0 aliphatic rings. The normalized spacial score (nSPS) is 10.2. The first kappa shape index (κ1) is 12.3. The largest absolute Gasteiger partial charge is 0.363 e. The smallest absolute Gasteiger partial charge is 0.271 e. The van der Waals surface area contributed by atoms with Crippen molar-refractivity contribution in [2.45, 2.75) is 13.3 Å². The van der Waals surface area contributed by atoms with E-state index < -0.39 is 13.0 Å². The van der Waals surface area contributed by atoms with Gasteiger partial charge in [-0.3, -0.25) is 4.79 Å². The van der Waals surface area contributed by atoms with Crippen LogP contribution >= 0.6 is 0 Å². The Kier molecular flexibility index (Phi) is 4.56. The van der Waals surface area contributed by atoms with Crippen LogP contribution in [0.4, 0.5) is 14.6 Å². The number of aromatic nitrogens is 2. The van der Waals surface area contributed by atoms with Crippen LogP contribution in [0.1, 0.15) is 17.4 Å². The summed E-state index contributed by atoms with van der Waals surface area (Å²) in [4.78, 5) is 11.3. The molecule has 1 rings (SSSR count). The number of nitrogens with one attached hydrogen (secondary N) is 2. The molecule has 0 saturated carbocycles. The third kappa shape index (κ3) is 3.76. The second-order valence-corrected chi connectivity index (χ2v) is 2.94. The lowest BCUT2D eigenvalue weighted by Gasteiger charge is -2.04. The highest BCUT2D eigenvalue weighted by Crippen LogP contribution is 2.03. The van der Waals surface area contributed by atoms with Crippen molar-refractivity contribution in [2.75, 3.05) is 18.4 Å². The van der Waals surface area contributed by atoms with Gasteiger partial charge in [0.25, 0.3) is 12.3 Å². The predicted molar refractivity (Wildman–Crippen MR) is 54.5 cm³/mol. The molecule has 0 unspecified atom stereocenters. The van der Waals surface area contributed by atoms with Gasteiger partial charge < -0.3 is 10.6 Å². The Bertz CT molecular complexity index is 342. The van der Waals surface area contributed by atoms with Crippen LogP contribution in [0.25, 0.3) is 0 Å². The van der Waals surface area contributed by atoms with Gasteiger partial charge in [-0.1, -0.05) is 0 Å². The summed E-state index contributed by atoms with van der Waals surface area (Å²) in [7, 11) is 0. The molecule has 0 spiro atoms. The maximum absolute atomic E-state index is 11.9. The molecule has 88 valence electrons. The van der Waals surface area contributed by atoms with Crippen molar-refractivity contribution in [3.8, 4) is 0 Å². The fourth-order valence-electron chi connectivity index (χ4n) is 0.980. The highest BCUT2D eigenvalue weighted by Gasteiger charge is 2.07.